The number of rotatable bonds is 4. The molecule has 8 heteroatoms. The molecule has 4 heterocycles. The second-order valence-electron chi connectivity index (χ2n) is 10.5. The van der Waals surface area contributed by atoms with E-state index in [1.165, 1.54) is 16.7 Å². The number of nitrogens with one attached hydrogen (secondary N) is 1. The Balaban J connectivity index is 1.44. The van der Waals surface area contributed by atoms with Crippen LogP contribution in [-0.2, 0) is 18.9 Å². The maximum Gasteiger partial charge on any atom is 0.248 e. The summed E-state index contributed by atoms with van der Waals surface area (Å²) >= 11 is 0. The third-order valence-electron chi connectivity index (χ3n) is 6.90. The Morgan fingerprint density at radius 1 is 1.00 bits per heavy atom. The Kier molecular flexibility index (Phi) is 5.83. The molecular weight excluding hydrogens is 438 g/mol. The molecule has 1 aliphatic heterocycles. The van der Waals surface area contributed by atoms with Crippen molar-refractivity contribution >= 4 is 22.8 Å². The van der Waals surface area contributed by atoms with Gasteiger partial charge in [0.2, 0.25) is 11.5 Å². The SMILES string of the molecule is Cc1ccc(C(C)(C)C)cc1Cc1nc(N2CCN(c3ccc(=O)[nH]c3)CC2)nc2ncn(C)c12. The molecule has 1 aromatic carbocycles. The van der Waals surface area contributed by atoms with E-state index in [4.69, 9.17) is 9.97 Å². The third-order valence-corrected chi connectivity index (χ3v) is 6.90. The van der Waals surface area contributed by atoms with E-state index in [-0.39, 0.29) is 11.0 Å². The van der Waals surface area contributed by atoms with Gasteiger partial charge in [0.25, 0.3) is 0 Å². The zero-order valence-electron chi connectivity index (χ0n) is 21.2. The smallest absolute Gasteiger partial charge is 0.248 e. The van der Waals surface area contributed by atoms with Crippen molar-refractivity contribution < 1.29 is 0 Å². The number of imidazole rings is 1. The molecule has 0 aliphatic carbocycles. The molecule has 1 saturated heterocycles. The molecule has 0 amide bonds. The number of benzene rings is 1. The van der Waals surface area contributed by atoms with Crippen LogP contribution in [0.15, 0.2) is 47.7 Å². The minimum Gasteiger partial charge on any atom is -0.367 e. The van der Waals surface area contributed by atoms with Crippen molar-refractivity contribution in [3.8, 4) is 0 Å². The van der Waals surface area contributed by atoms with Gasteiger partial charge in [0.1, 0.15) is 5.52 Å². The van der Waals surface area contributed by atoms with Crippen LogP contribution in [0.25, 0.3) is 11.2 Å². The Morgan fingerprint density at radius 2 is 1.74 bits per heavy atom. The van der Waals surface area contributed by atoms with Crippen LogP contribution in [0.4, 0.5) is 11.6 Å². The number of fused-ring (bicyclic) bond motifs is 1. The number of hydrogen-bond acceptors (Lipinski definition) is 6. The first-order valence-corrected chi connectivity index (χ1v) is 12.2. The van der Waals surface area contributed by atoms with Gasteiger partial charge in [-0.1, -0.05) is 39.0 Å². The van der Waals surface area contributed by atoms with Gasteiger partial charge in [-0.25, -0.2) is 9.97 Å². The Morgan fingerprint density at radius 3 is 2.43 bits per heavy atom. The molecule has 0 bridgehead atoms. The molecule has 0 atom stereocenters. The number of aryl methyl sites for hydroxylation is 2. The second kappa shape index (κ2) is 8.83. The second-order valence-corrected chi connectivity index (χ2v) is 10.5. The van der Waals surface area contributed by atoms with Crippen LogP contribution < -0.4 is 15.4 Å². The quantitative estimate of drug-likeness (QED) is 0.490. The topological polar surface area (TPSA) is 82.9 Å². The van der Waals surface area contributed by atoms with Gasteiger partial charge >= 0.3 is 0 Å². The lowest BCUT2D eigenvalue weighted by Gasteiger charge is -2.36. The largest absolute Gasteiger partial charge is 0.367 e. The fourth-order valence-electron chi connectivity index (χ4n) is 4.66. The third kappa shape index (κ3) is 4.65. The summed E-state index contributed by atoms with van der Waals surface area (Å²) in [6.45, 7) is 12.2. The van der Waals surface area contributed by atoms with Gasteiger partial charge in [-0.05, 0) is 35.1 Å². The summed E-state index contributed by atoms with van der Waals surface area (Å²) in [6.07, 6.45) is 4.33. The van der Waals surface area contributed by atoms with Crippen LogP contribution >= 0.6 is 0 Å². The van der Waals surface area contributed by atoms with Gasteiger partial charge in [0, 0.05) is 51.9 Å². The lowest BCUT2D eigenvalue weighted by atomic mass is 9.84. The van der Waals surface area contributed by atoms with E-state index in [0.29, 0.717) is 0 Å². The minimum absolute atomic E-state index is 0.0831. The number of hydrogen-bond donors (Lipinski definition) is 1. The lowest BCUT2D eigenvalue weighted by molar-refractivity contribution is 0.589. The predicted octanol–water partition coefficient (Wildman–Crippen LogP) is 3.57. The van der Waals surface area contributed by atoms with E-state index in [0.717, 1.165) is 61.1 Å². The van der Waals surface area contributed by atoms with Gasteiger partial charge in [0.15, 0.2) is 5.65 Å². The van der Waals surface area contributed by atoms with Gasteiger partial charge in [0.05, 0.1) is 17.7 Å². The number of aromatic amines is 1. The highest BCUT2D eigenvalue weighted by atomic mass is 16.1. The van der Waals surface area contributed by atoms with Crippen molar-refractivity contribution in [1.29, 1.82) is 0 Å². The molecule has 8 nitrogen and oxygen atoms in total. The van der Waals surface area contributed by atoms with Crippen LogP contribution in [0.1, 0.15) is 43.2 Å². The van der Waals surface area contributed by atoms with Crippen LogP contribution in [0, 0.1) is 6.92 Å². The van der Waals surface area contributed by atoms with E-state index in [9.17, 15) is 4.79 Å². The van der Waals surface area contributed by atoms with Crippen LogP contribution in [0.2, 0.25) is 0 Å². The number of aromatic nitrogens is 5. The maximum atomic E-state index is 11.4. The molecule has 1 fully saturated rings. The molecular formula is C27H33N7O. The Bertz CT molecular complexity index is 1400. The molecule has 3 aromatic heterocycles. The number of anilines is 2. The van der Waals surface area contributed by atoms with Crippen molar-refractivity contribution in [2.75, 3.05) is 36.0 Å². The Hall–Kier alpha value is -3.68. The predicted molar refractivity (Wildman–Crippen MR) is 140 cm³/mol. The Labute approximate surface area is 205 Å². The number of piperazine rings is 1. The van der Waals surface area contributed by atoms with Gasteiger partial charge in [-0.3, -0.25) is 4.79 Å². The van der Waals surface area contributed by atoms with E-state index >= 15 is 0 Å². The first-order valence-electron chi connectivity index (χ1n) is 12.2. The summed E-state index contributed by atoms with van der Waals surface area (Å²) in [5, 5.41) is 0. The number of pyridine rings is 1. The number of nitrogens with zero attached hydrogens (tertiary/aromatic N) is 6. The normalized spacial score (nSPS) is 14.7. The van der Waals surface area contributed by atoms with E-state index in [1.807, 2.05) is 24.0 Å². The lowest BCUT2D eigenvalue weighted by Crippen LogP contribution is -2.47. The minimum atomic E-state index is -0.0831. The fraction of sp³-hybridized carbons (Fsp3) is 0.407. The van der Waals surface area contributed by atoms with E-state index < -0.39 is 0 Å². The average molecular weight is 472 g/mol. The zero-order valence-corrected chi connectivity index (χ0v) is 21.2. The molecule has 0 spiro atoms. The molecule has 182 valence electrons. The fourth-order valence-corrected chi connectivity index (χ4v) is 4.66. The van der Waals surface area contributed by atoms with Crippen LogP contribution in [0.3, 0.4) is 0 Å². The molecule has 1 N–H and O–H groups in total. The van der Waals surface area contributed by atoms with Crippen LogP contribution in [0.5, 0.6) is 0 Å². The highest BCUT2D eigenvalue weighted by Gasteiger charge is 2.23. The monoisotopic (exact) mass is 471 g/mol. The summed E-state index contributed by atoms with van der Waals surface area (Å²) in [5.41, 5.74) is 7.64. The molecule has 0 unspecified atom stereocenters. The number of H-pyrrole nitrogens is 1. The molecule has 0 radical (unpaired) electrons. The summed E-state index contributed by atoms with van der Waals surface area (Å²) in [4.78, 5) is 33.1. The van der Waals surface area contributed by atoms with Crippen molar-refractivity contribution in [3.63, 3.8) is 0 Å². The van der Waals surface area contributed by atoms with Gasteiger partial charge in [-0.15, -0.1) is 0 Å². The van der Waals surface area contributed by atoms with Crippen molar-refractivity contribution in [2.45, 2.75) is 39.5 Å². The molecule has 0 saturated carbocycles. The highest BCUT2D eigenvalue weighted by Crippen LogP contribution is 2.28. The summed E-state index contributed by atoms with van der Waals surface area (Å²) in [6, 6.07) is 10.2. The molecule has 5 rings (SSSR count). The molecule has 1 aliphatic rings. The first-order chi connectivity index (χ1) is 16.7. The van der Waals surface area contributed by atoms with Crippen molar-refractivity contribution in [3.05, 3.63) is 75.6 Å². The first kappa shape index (κ1) is 23.1. The van der Waals surface area contributed by atoms with Gasteiger partial charge in [-0.2, -0.15) is 4.98 Å². The molecule has 4 aromatic rings. The molecule has 35 heavy (non-hydrogen) atoms. The summed E-state index contributed by atoms with van der Waals surface area (Å²) < 4.78 is 2.02. The highest BCUT2D eigenvalue weighted by molar-refractivity contribution is 5.75. The maximum absolute atomic E-state index is 11.4. The van der Waals surface area contributed by atoms with E-state index in [1.54, 1.807) is 12.3 Å². The standard InChI is InChI=1S/C27H33N7O/c1-18-6-7-20(27(2,3)4)14-19(18)15-22-24-25(29-17-32(24)5)31-26(30-22)34-12-10-33(11-13-34)21-8-9-23(35)28-16-21/h6-9,14,16-17H,10-13,15H2,1-5H3,(H,28,35). The summed E-state index contributed by atoms with van der Waals surface area (Å²) in [5.74, 6) is 0.733. The average Bonchev–Trinajstić information content (AvgIpc) is 3.21. The zero-order chi connectivity index (χ0) is 24.7. The van der Waals surface area contributed by atoms with Crippen LogP contribution in [-0.4, -0.2) is 50.7 Å². The van der Waals surface area contributed by atoms with Gasteiger partial charge < -0.3 is 19.4 Å². The summed E-state index contributed by atoms with van der Waals surface area (Å²) in [7, 11) is 2.00. The van der Waals surface area contributed by atoms with E-state index in [2.05, 4.69) is 65.7 Å². The van der Waals surface area contributed by atoms with Crippen molar-refractivity contribution in [1.82, 2.24) is 24.5 Å². The van der Waals surface area contributed by atoms with Crippen molar-refractivity contribution in [2.24, 2.45) is 7.05 Å².